The van der Waals surface area contributed by atoms with Crippen molar-refractivity contribution in [3.8, 4) is 5.75 Å². The van der Waals surface area contributed by atoms with Gasteiger partial charge in [-0.1, -0.05) is 12.1 Å². The van der Waals surface area contributed by atoms with Crippen molar-refractivity contribution in [2.24, 2.45) is 0 Å². The molecule has 5 heteroatoms. The minimum absolute atomic E-state index is 0. The fourth-order valence-corrected chi connectivity index (χ4v) is 0.958. The molecule has 15 heavy (non-hydrogen) atoms. The second-order valence-electron chi connectivity index (χ2n) is 2.71. The summed E-state index contributed by atoms with van der Waals surface area (Å²) in [4.78, 5) is 10.8. The van der Waals surface area contributed by atoms with Crippen molar-refractivity contribution in [2.75, 3.05) is 19.5 Å². The summed E-state index contributed by atoms with van der Waals surface area (Å²) in [5.41, 5.74) is 6.20. The molecule has 0 amide bonds. The summed E-state index contributed by atoms with van der Waals surface area (Å²) < 4.78 is 9.75. The van der Waals surface area contributed by atoms with Crippen LogP contribution in [0, 0.1) is 0 Å². The van der Waals surface area contributed by atoms with Crippen LogP contribution in [-0.2, 0) is 9.53 Å². The molecule has 0 atom stereocenters. The maximum absolute atomic E-state index is 10.8. The van der Waals surface area contributed by atoms with Gasteiger partial charge in [-0.05, 0) is 12.1 Å². The molecule has 2 N–H and O–H groups in total. The summed E-state index contributed by atoms with van der Waals surface area (Å²) in [6.45, 7) is 0.279. The van der Waals surface area contributed by atoms with E-state index >= 15 is 0 Å². The van der Waals surface area contributed by atoms with Gasteiger partial charge in [0.05, 0.1) is 25.8 Å². The van der Waals surface area contributed by atoms with E-state index in [2.05, 4.69) is 4.74 Å². The van der Waals surface area contributed by atoms with Crippen LogP contribution in [0.4, 0.5) is 5.69 Å². The Morgan fingerprint density at radius 3 is 2.67 bits per heavy atom. The number of ether oxygens (including phenoxy) is 2. The van der Waals surface area contributed by atoms with Gasteiger partial charge < -0.3 is 15.2 Å². The molecule has 0 saturated carbocycles. The number of para-hydroxylation sites is 2. The summed E-state index contributed by atoms with van der Waals surface area (Å²) in [6.07, 6.45) is 0.227. The first-order valence-corrected chi connectivity index (χ1v) is 4.28. The first-order valence-electron chi connectivity index (χ1n) is 4.28. The van der Waals surface area contributed by atoms with Crippen LogP contribution in [0.15, 0.2) is 24.3 Å². The fourth-order valence-electron chi connectivity index (χ4n) is 0.958. The highest BCUT2D eigenvalue weighted by Gasteiger charge is 2.02. The lowest BCUT2D eigenvalue weighted by Gasteiger charge is -2.07. The zero-order chi connectivity index (χ0) is 10.4. The number of hydrogen-bond acceptors (Lipinski definition) is 4. The Balaban J connectivity index is 0.00000196. The van der Waals surface area contributed by atoms with Gasteiger partial charge in [-0.15, -0.1) is 12.4 Å². The largest absolute Gasteiger partial charge is 0.491 e. The topological polar surface area (TPSA) is 61.5 Å². The van der Waals surface area contributed by atoms with Gasteiger partial charge >= 0.3 is 5.97 Å². The minimum atomic E-state index is -0.292. The molecule has 0 aliphatic rings. The highest BCUT2D eigenvalue weighted by molar-refractivity contribution is 5.85. The third-order valence-electron chi connectivity index (χ3n) is 1.71. The van der Waals surface area contributed by atoms with Gasteiger partial charge in [0.15, 0.2) is 0 Å². The molecule has 0 bridgehead atoms. The lowest BCUT2D eigenvalue weighted by Crippen LogP contribution is -2.08. The van der Waals surface area contributed by atoms with Gasteiger partial charge in [0.25, 0.3) is 0 Å². The SMILES string of the molecule is COC(=O)CCOc1ccccc1N.Cl. The molecule has 0 aliphatic carbocycles. The molecule has 1 rings (SSSR count). The number of nitrogen functional groups attached to an aromatic ring is 1. The van der Waals surface area contributed by atoms with Crippen LogP contribution in [-0.4, -0.2) is 19.7 Å². The Morgan fingerprint density at radius 2 is 2.07 bits per heavy atom. The van der Waals surface area contributed by atoms with Gasteiger partial charge in [0.1, 0.15) is 5.75 Å². The Morgan fingerprint density at radius 1 is 1.40 bits per heavy atom. The van der Waals surface area contributed by atoms with Gasteiger partial charge in [-0.2, -0.15) is 0 Å². The molecule has 0 radical (unpaired) electrons. The van der Waals surface area contributed by atoms with E-state index in [1.54, 1.807) is 12.1 Å². The maximum atomic E-state index is 10.8. The molecular formula is C10H14ClNO3. The number of carbonyl (C=O) groups is 1. The molecule has 0 heterocycles. The minimum Gasteiger partial charge on any atom is -0.491 e. The second-order valence-corrected chi connectivity index (χ2v) is 2.71. The Labute approximate surface area is 94.8 Å². The number of nitrogens with two attached hydrogens (primary N) is 1. The molecule has 0 aliphatic heterocycles. The lowest BCUT2D eigenvalue weighted by molar-refractivity contribution is -0.141. The third-order valence-corrected chi connectivity index (χ3v) is 1.71. The number of halogens is 1. The zero-order valence-electron chi connectivity index (χ0n) is 8.43. The van der Waals surface area contributed by atoms with E-state index in [1.807, 2.05) is 12.1 Å². The van der Waals surface area contributed by atoms with Crippen molar-refractivity contribution in [2.45, 2.75) is 6.42 Å². The van der Waals surface area contributed by atoms with E-state index in [9.17, 15) is 4.79 Å². The fraction of sp³-hybridized carbons (Fsp3) is 0.300. The van der Waals surface area contributed by atoms with Crippen LogP contribution < -0.4 is 10.5 Å². The van der Waals surface area contributed by atoms with Crippen molar-refractivity contribution in [3.05, 3.63) is 24.3 Å². The molecule has 0 spiro atoms. The van der Waals surface area contributed by atoms with Crippen LogP contribution in [0.2, 0.25) is 0 Å². The van der Waals surface area contributed by atoms with Crippen LogP contribution >= 0.6 is 12.4 Å². The molecule has 1 aromatic carbocycles. The van der Waals surface area contributed by atoms with E-state index < -0.39 is 0 Å². The predicted octanol–water partition coefficient (Wildman–Crippen LogP) is 1.63. The molecular weight excluding hydrogens is 218 g/mol. The lowest BCUT2D eigenvalue weighted by atomic mass is 10.3. The van der Waals surface area contributed by atoms with E-state index in [0.717, 1.165) is 0 Å². The van der Waals surface area contributed by atoms with Gasteiger partial charge in [-0.3, -0.25) is 4.79 Å². The smallest absolute Gasteiger partial charge is 0.308 e. The molecule has 0 aromatic heterocycles. The van der Waals surface area contributed by atoms with Crippen LogP contribution in [0.25, 0.3) is 0 Å². The van der Waals surface area contributed by atoms with Crippen molar-refractivity contribution in [1.29, 1.82) is 0 Å². The van der Waals surface area contributed by atoms with Gasteiger partial charge in [0.2, 0.25) is 0 Å². The zero-order valence-corrected chi connectivity index (χ0v) is 9.25. The van der Waals surface area contributed by atoms with Crippen LogP contribution in [0.3, 0.4) is 0 Å². The highest BCUT2D eigenvalue weighted by Crippen LogP contribution is 2.19. The van der Waals surface area contributed by atoms with E-state index in [0.29, 0.717) is 11.4 Å². The van der Waals surface area contributed by atoms with Crippen molar-refractivity contribution >= 4 is 24.1 Å². The maximum Gasteiger partial charge on any atom is 0.308 e. The number of anilines is 1. The molecule has 0 saturated heterocycles. The monoisotopic (exact) mass is 231 g/mol. The number of carbonyl (C=O) groups excluding carboxylic acids is 1. The predicted molar refractivity (Wildman–Crippen MR) is 60.2 cm³/mol. The Hall–Kier alpha value is -1.42. The average molecular weight is 232 g/mol. The number of methoxy groups -OCH3 is 1. The first-order chi connectivity index (χ1) is 6.74. The van der Waals surface area contributed by atoms with Crippen molar-refractivity contribution < 1.29 is 14.3 Å². The second kappa shape index (κ2) is 6.95. The van der Waals surface area contributed by atoms with Crippen molar-refractivity contribution in [3.63, 3.8) is 0 Å². The molecule has 1 aromatic rings. The first kappa shape index (κ1) is 13.6. The average Bonchev–Trinajstić information content (AvgIpc) is 2.20. The van der Waals surface area contributed by atoms with Crippen molar-refractivity contribution in [1.82, 2.24) is 0 Å². The van der Waals surface area contributed by atoms with Gasteiger partial charge in [-0.25, -0.2) is 0 Å². The summed E-state index contributed by atoms with van der Waals surface area (Å²) in [6, 6.07) is 7.15. The summed E-state index contributed by atoms with van der Waals surface area (Å²) in [5, 5.41) is 0. The van der Waals surface area contributed by atoms with Gasteiger partial charge in [0, 0.05) is 0 Å². The number of esters is 1. The third kappa shape index (κ3) is 4.56. The van der Waals surface area contributed by atoms with E-state index in [1.165, 1.54) is 7.11 Å². The molecule has 0 unspecified atom stereocenters. The van der Waals surface area contributed by atoms with Crippen LogP contribution in [0.5, 0.6) is 5.75 Å². The van der Waals surface area contributed by atoms with E-state index in [4.69, 9.17) is 10.5 Å². The molecule has 84 valence electrons. The Bertz CT molecular complexity index is 317. The highest BCUT2D eigenvalue weighted by atomic mass is 35.5. The summed E-state index contributed by atoms with van der Waals surface area (Å²) in [5.74, 6) is 0.302. The standard InChI is InChI=1S/C10H13NO3.ClH/c1-13-10(12)6-7-14-9-5-3-2-4-8(9)11;/h2-5H,6-7,11H2,1H3;1H. The Kier molecular flexibility index (Phi) is 6.29. The quantitative estimate of drug-likeness (QED) is 0.632. The number of rotatable bonds is 4. The normalized spacial score (nSPS) is 8.87. The van der Waals surface area contributed by atoms with Crippen LogP contribution in [0.1, 0.15) is 6.42 Å². The molecule has 0 fully saturated rings. The summed E-state index contributed by atoms with van der Waals surface area (Å²) >= 11 is 0. The molecule has 4 nitrogen and oxygen atoms in total. The number of benzene rings is 1. The van der Waals surface area contributed by atoms with E-state index in [-0.39, 0.29) is 31.4 Å². The summed E-state index contributed by atoms with van der Waals surface area (Å²) in [7, 11) is 1.35. The number of hydrogen-bond donors (Lipinski definition) is 1.